The van der Waals surface area contributed by atoms with Crippen molar-refractivity contribution in [3.63, 3.8) is 0 Å². The molecule has 0 saturated heterocycles. The maximum absolute atomic E-state index is 9.06. The largest absolute Gasteiger partial charge is 0.502 e. The van der Waals surface area contributed by atoms with E-state index in [9.17, 15) is 0 Å². The monoisotopic (exact) mass is 152 g/mol. The minimum Gasteiger partial charge on any atom is -0.502 e. The summed E-state index contributed by atoms with van der Waals surface area (Å²) in [5.41, 5.74) is 0.814. The average Bonchev–Trinajstić information content (AvgIpc) is 1.83. The summed E-state index contributed by atoms with van der Waals surface area (Å²) in [7, 11) is 0. The third-order valence-electron chi connectivity index (χ3n) is 0.998. The number of aliphatic hydroxyl groups is 1. The maximum atomic E-state index is 9.06. The molecule has 0 fully saturated rings. The molecule has 1 aliphatic rings. The Morgan fingerprint density at radius 1 is 1.40 bits per heavy atom. The van der Waals surface area contributed by atoms with Crippen molar-refractivity contribution in [1.29, 1.82) is 0 Å². The highest BCUT2D eigenvalue weighted by Crippen LogP contribution is 2.17. The van der Waals surface area contributed by atoms with Crippen LogP contribution in [0.5, 0.6) is 0 Å². The van der Waals surface area contributed by atoms with E-state index < -0.39 is 0 Å². The Kier molecular flexibility index (Phi) is 2.40. The van der Waals surface area contributed by atoms with Gasteiger partial charge in [0, 0.05) is 0 Å². The highest BCUT2D eigenvalue weighted by Gasteiger charge is 1.91. The number of hydrogen-bond donors (Lipinski definition) is 1. The van der Waals surface area contributed by atoms with Crippen molar-refractivity contribution in [2.45, 2.75) is 0 Å². The van der Waals surface area contributed by atoms with E-state index in [1.54, 1.807) is 6.08 Å². The van der Waals surface area contributed by atoms with Crippen LogP contribution >= 0.6 is 11.8 Å². The summed E-state index contributed by atoms with van der Waals surface area (Å²) in [4.78, 5) is 0. The molecule has 0 saturated carbocycles. The molecule has 0 atom stereocenters. The molecule has 52 valence electrons. The van der Waals surface area contributed by atoms with Gasteiger partial charge in [-0.05, 0) is 17.1 Å². The standard InChI is InChI=1S/C8H8OS/c1-7-4-2-3-5-10-8(9)6-7/h2-6,9H,1H2/b4-2-,5-3-,8-6-. The predicted molar refractivity (Wildman–Crippen MR) is 45.7 cm³/mol. The summed E-state index contributed by atoms with van der Waals surface area (Å²) in [6.45, 7) is 3.70. The molecule has 1 nitrogen and oxygen atoms in total. The SMILES string of the molecule is C=C1/C=C\C=C/S/C(O)=C\1. The summed E-state index contributed by atoms with van der Waals surface area (Å²) in [5.74, 6) is 0. The molecular weight excluding hydrogens is 144 g/mol. The molecule has 0 amide bonds. The number of rotatable bonds is 0. The van der Waals surface area contributed by atoms with Crippen LogP contribution in [0.2, 0.25) is 0 Å². The van der Waals surface area contributed by atoms with E-state index in [0.29, 0.717) is 0 Å². The third-order valence-corrected chi connectivity index (χ3v) is 1.65. The fourth-order valence-electron chi connectivity index (χ4n) is 0.574. The maximum Gasteiger partial charge on any atom is 0.154 e. The summed E-state index contributed by atoms with van der Waals surface area (Å²) in [6.07, 6.45) is 7.22. The molecule has 1 N–H and O–H groups in total. The Labute approximate surface area is 64.4 Å². The zero-order chi connectivity index (χ0) is 7.40. The summed E-state index contributed by atoms with van der Waals surface area (Å²) in [5, 5.41) is 11.2. The van der Waals surface area contributed by atoms with Crippen LogP contribution in [0.3, 0.4) is 0 Å². The van der Waals surface area contributed by atoms with Gasteiger partial charge in [-0.1, -0.05) is 36.6 Å². The lowest BCUT2D eigenvalue weighted by molar-refractivity contribution is 0.457. The van der Waals surface area contributed by atoms with Crippen molar-refractivity contribution in [3.05, 3.63) is 47.0 Å². The molecule has 1 rings (SSSR count). The van der Waals surface area contributed by atoms with Gasteiger partial charge in [-0.25, -0.2) is 0 Å². The van der Waals surface area contributed by atoms with E-state index in [2.05, 4.69) is 6.58 Å². The fraction of sp³-hybridized carbons (Fsp3) is 0. The van der Waals surface area contributed by atoms with Crippen LogP contribution in [0.15, 0.2) is 47.0 Å². The van der Waals surface area contributed by atoms with Crippen molar-refractivity contribution in [2.24, 2.45) is 0 Å². The zero-order valence-corrected chi connectivity index (χ0v) is 6.27. The van der Waals surface area contributed by atoms with Gasteiger partial charge in [-0.3, -0.25) is 0 Å². The van der Waals surface area contributed by atoms with E-state index in [1.807, 2.05) is 23.6 Å². The summed E-state index contributed by atoms with van der Waals surface area (Å²) >= 11 is 1.28. The van der Waals surface area contributed by atoms with Crippen LogP contribution in [0.25, 0.3) is 0 Å². The number of hydrogen-bond acceptors (Lipinski definition) is 2. The summed E-state index contributed by atoms with van der Waals surface area (Å²) < 4.78 is 0. The first-order valence-electron chi connectivity index (χ1n) is 2.88. The molecule has 0 aromatic heterocycles. The van der Waals surface area contributed by atoms with Crippen LogP contribution in [0.4, 0.5) is 0 Å². The van der Waals surface area contributed by atoms with Crippen molar-refractivity contribution >= 4 is 11.8 Å². The second-order valence-electron chi connectivity index (χ2n) is 1.86. The zero-order valence-electron chi connectivity index (χ0n) is 5.45. The second kappa shape index (κ2) is 3.32. The van der Waals surface area contributed by atoms with E-state index in [0.717, 1.165) is 5.57 Å². The average molecular weight is 152 g/mol. The normalized spacial score (nSPS) is 29.6. The number of thioether (sulfide) groups is 1. The van der Waals surface area contributed by atoms with Crippen LogP contribution in [0, 0.1) is 0 Å². The predicted octanol–water partition coefficient (Wildman–Crippen LogP) is 2.76. The van der Waals surface area contributed by atoms with Crippen molar-refractivity contribution in [1.82, 2.24) is 0 Å². The molecule has 0 unspecified atom stereocenters. The van der Waals surface area contributed by atoms with Crippen molar-refractivity contribution < 1.29 is 5.11 Å². The van der Waals surface area contributed by atoms with Gasteiger partial charge in [0.25, 0.3) is 0 Å². The molecule has 1 heterocycles. The minimum absolute atomic E-state index is 0.283. The summed E-state index contributed by atoms with van der Waals surface area (Å²) in [6, 6.07) is 0. The lowest BCUT2D eigenvalue weighted by atomic mass is 10.3. The van der Waals surface area contributed by atoms with Gasteiger partial charge in [0.1, 0.15) is 0 Å². The fourth-order valence-corrected chi connectivity index (χ4v) is 1.10. The van der Waals surface area contributed by atoms with Gasteiger partial charge < -0.3 is 5.11 Å². The highest BCUT2D eigenvalue weighted by atomic mass is 32.2. The highest BCUT2D eigenvalue weighted by molar-refractivity contribution is 8.05. The molecule has 0 spiro atoms. The van der Waals surface area contributed by atoms with Crippen LogP contribution in [-0.4, -0.2) is 5.11 Å². The number of allylic oxidation sites excluding steroid dienone is 5. The lowest BCUT2D eigenvalue weighted by Gasteiger charge is -1.96. The Bertz CT molecular complexity index is 223. The first kappa shape index (κ1) is 7.22. The van der Waals surface area contributed by atoms with Gasteiger partial charge >= 0.3 is 0 Å². The van der Waals surface area contributed by atoms with Gasteiger partial charge in [0.2, 0.25) is 0 Å². The first-order chi connectivity index (χ1) is 4.79. The molecule has 0 bridgehead atoms. The quantitative estimate of drug-likeness (QED) is 0.576. The van der Waals surface area contributed by atoms with E-state index >= 15 is 0 Å². The minimum atomic E-state index is 0.283. The molecule has 0 radical (unpaired) electrons. The van der Waals surface area contributed by atoms with E-state index in [-0.39, 0.29) is 5.09 Å². The van der Waals surface area contributed by atoms with E-state index in [4.69, 9.17) is 5.11 Å². The van der Waals surface area contributed by atoms with Gasteiger partial charge in [0.05, 0.1) is 0 Å². The second-order valence-corrected chi connectivity index (χ2v) is 2.79. The van der Waals surface area contributed by atoms with Crippen LogP contribution in [0.1, 0.15) is 0 Å². The Morgan fingerprint density at radius 3 is 3.00 bits per heavy atom. The van der Waals surface area contributed by atoms with Crippen LogP contribution < -0.4 is 0 Å². The molecule has 10 heavy (non-hydrogen) atoms. The smallest absolute Gasteiger partial charge is 0.154 e. The molecule has 0 aliphatic carbocycles. The molecule has 1 aliphatic heterocycles. The van der Waals surface area contributed by atoms with Crippen molar-refractivity contribution in [2.75, 3.05) is 0 Å². The van der Waals surface area contributed by atoms with Gasteiger partial charge in [-0.2, -0.15) is 0 Å². The van der Waals surface area contributed by atoms with Crippen molar-refractivity contribution in [3.8, 4) is 0 Å². The number of aliphatic hydroxyl groups excluding tert-OH is 1. The van der Waals surface area contributed by atoms with Gasteiger partial charge in [-0.15, -0.1) is 0 Å². The van der Waals surface area contributed by atoms with Gasteiger partial charge in [0.15, 0.2) is 5.09 Å². The Hall–Kier alpha value is -0.890. The molecule has 0 aromatic rings. The van der Waals surface area contributed by atoms with Crippen LogP contribution in [-0.2, 0) is 0 Å². The lowest BCUT2D eigenvalue weighted by Crippen LogP contribution is -1.75. The molecule has 2 heteroatoms. The third kappa shape index (κ3) is 2.15. The first-order valence-corrected chi connectivity index (χ1v) is 3.76. The topological polar surface area (TPSA) is 20.2 Å². The molecule has 0 aromatic carbocycles. The Morgan fingerprint density at radius 2 is 2.20 bits per heavy atom. The Balaban J connectivity index is 2.83. The molecular formula is C8H8OS. The van der Waals surface area contributed by atoms with E-state index in [1.165, 1.54) is 11.8 Å².